The van der Waals surface area contributed by atoms with Crippen LogP contribution in [0.5, 0.6) is 5.75 Å². The molecule has 5 nitrogen and oxygen atoms in total. The van der Waals surface area contributed by atoms with Gasteiger partial charge in [0, 0.05) is 16.7 Å². The standard InChI is InChI=1S/C26H19N3O2S/c1-31-19-13-11-18(12-14-19)23-16-32-25-28-26(20-9-5-6-10-21(20)27-24(26)30)15-22(29(23)25)17-7-3-2-4-8-17/h2-16H,1H3,(H,27,30). The Bertz CT molecular complexity index is 1330. The van der Waals surface area contributed by atoms with Crippen molar-refractivity contribution in [2.45, 2.75) is 5.54 Å². The van der Waals surface area contributed by atoms with E-state index in [9.17, 15) is 4.79 Å². The van der Waals surface area contributed by atoms with Gasteiger partial charge in [0.15, 0.2) is 10.7 Å². The van der Waals surface area contributed by atoms with E-state index in [0.29, 0.717) is 0 Å². The van der Waals surface area contributed by atoms with Gasteiger partial charge in [0.05, 0.1) is 18.5 Å². The van der Waals surface area contributed by atoms with Crippen LogP contribution in [0, 0.1) is 0 Å². The van der Waals surface area contributed by atoms with Crippen molar-refractivity contribution in [3.8, 4) is 5.75 Å². The molecule has 156 valence electrons. The summed E-state index contributed by atoms with van der Waals surface area (Å²) in [6.07, 6.45) is 2.00. The van der Waals surface area contributed by atoms with Crippen LogP contribution in [-0.2, 0) is 10.3 Å². The minimum absolute atomic E-state index is 0.127. The molecule has 3 aromatic rings. The number of para-hydroxylation sites is 1. The molecule has 0 radical (unpaired) electrons. The summed E-state index contributed by atoms with van der Waals surface area (Å²) in [6, 6.07) is 25.9. The first-order chi connectivity index (χ1) is 15.7. The second-order valence-corrected chi connectivity index (χ2v) is 8.58. The van der Waals surface area contributed by atoms with E-state index in [1.807, 2.05) is 72.8 Å². The Morgan fingerprint density at radius 3 is 2.41 bits per heavy atom. The van der Waals surface area contributed by atoms with Gasteiger partial charge in [-0.3, -0.25) is 9.69 Å². The van der Waals surface area contributed by atoms with Gasteiger partial charge in [0.2, 0.25) is 0 Å². The Labute approximate surface area is 190 Å². The molecule has 3 heterocycles. The number of fused-ring (bicyclic) bond motifs is 3. The smallest absolute Gasteiger partial charge is 0.261 e. The highest BCUT2D eigenvalue weighted by Crippen LogP contribution is 2.50. The van der Waals surface area contributed by atoms with E-state index in [1.165, 1.54) is 11.8 Å². The highest BCUT2D eigenvalue weighted by molar-refractivity contribution is 8.16. The van der Waals surface area contributed by atoms with Gasteiger partial charge in [0.25, 0.3) is 5.91 Å². The zero-order valence-electron chi connectivity index (χ0n) is 17.3. The molecule has 3 aromatic carbocycles. The topological polar surface area (TPSA) is 53.9 Å². The minimum atomic E-state index is -1.08. The predicted molar refractivity (Wildman–Crippen MR) is 129 cm³/mol. The lowest BCUT2D eigenvalue weighted by atomic mass is 9.88. The van der Waals surface area contributed by atoms with Crippen molar-refractivity contribution in [3.63, 3.8) is 0 Å². The number of anilines is 1. The Hall–Kier alpha value is -3.77. The molecule has 0 saturated carbocycles. The summed E-state index contributed by atoms with van der Waals surface area (Å²) in [5.41, 5.74) is 4.65. The van der Waals surface area contributed by atoms with Crippen LogP contribution in [0.3, 0.4) is 0 Å². The molecule has 0 saturated heterocycles. The molecule has 32 heavy (non-hydrogen) atoms. The van der Waals surface area contributed by atoms with Gasteiger partial charge in [-0.25, -0.2) is 4.99 Å². The van der Waals surface area contributed by atoms with Gasteiger partial charge in [-0.1, -0.05) is 60.3 Å². The fraction of sp³-hybridized carbons (Fsp3) is 0.0769. The van der Waals surface area contributed by atoms with E-state index in [4.69, 9.17) is 9.73 Å². The number of carbonyl (C=O) groups is 1. The predicted octanol–water partition coefficient (Wildman–Crippen LogP) is 5.30. The van der Waals surface area contributed by atoms with E-state index in [2.05, 4.69) is 27.8 Å². The normalized spacial score (nSPS) is 20.8. The zero-order chi connectivity index (χ0) is 21.7. The van der Waals surface area contributed by atoms with Gasteiger partial charge in [0.1, 0.15) is 5.75 Å². The number of thioether (sulfide) groups is 1. The Morgan fingerprint density at radius 2 is 1.62 bits per heavy atom. The summed E-state index contributed by atoms with van der Waals surface area (Å²) in [4.78, 5) is 20.4. The summed E-state index contributed by atoms with van der Waals surface area (Å²) in [6.45, 7) is 0. The number of methoxy groups -OCH3 is 1. The first-order valence-electron chi connectivity index (χ1n) is 10.3. The summed E-state index contributed by atoms with van der Waals surface area (Å²) < 4.78 is 5.32. The highest BCUT2D eigenvalue weighted by Gasteiger charge is 2.50. The Morgan fingerprint density at radius 1 is 0.906 bits per heavy atom. The molecule has 3 aliphatic rings. The number of aliphatic imine (C=N–C) groups is 1. The van der Waals surface area contributed by atoms with E-state index in [0.717, 1.165) is 44.7 Å². The molecule has 1 spiro atoms. The van der Waals surface area contributed by atoms with Gasteiger partial charge in [-0.2, -0.15) is 0 Å². The van der Waals surface area contributed by atoms with Crippen LogP contribution in [-0.4, -0.2) is 23.1 Å². The Kier molecular flexibility index (Phi) is 4.23. The summed E-state index contributed by atoms with van der Waals surface area (Å²) in [5, 5.41) is 5.89. The van der Waals surface area contributed by atoms with Crippen molar-refractivity contribution in [2.24, 2.45) is 4.99 Å². The minimum Gasteiger partial charge on any atom is -0.497 e. The number of nitrogens with one attached hydrogen (secondary N) is 1. The van der Waals surface area contributed by atoms with Crippen LogP contribution in [0.1, 0.15) is 16.7 Å². The SMILES string of the molecule is COc1ccc(C2=CSC3=NC4(C=C(c5ccccc5)N23)C(=O)Nc2ccccc24)cc1. The number of hydrogen-bond acceptors (Lipinski definition) is 5. The monoisotopic (exact) mass is 437 g/mol. The van der Waals surface area contributed by atoms with Gasteiger partial charge in [-0.05, 0) is 47.5 Å². The molecule has 3 aliphatic heterocycles. The fourth-order valence-corrected chi connectivity index (χ4v) is 5.33. The first kappa shape index (κ1) is 19.0. The molecule has 1 unspecified atom stereocenters. The van der Waals surface area contributed by atoms with Crippen LogP contribution in [0.25, 0.3) is 11.4 Å². The average molecular weight is 438 g/mol. The Balaban J connectivity index is 1.53. The maximum absolute atomic E-state index is 13.3. The zero-order valence-corrected chi connectivity index (χ0v) is 18.1. The lowest BCUT2D eigenvalue weighted by Crippen LogP contribution is -2.38. The van der Waals surface area contributed by atoms with Gasteiger partial charge in [-0.15, -0.1) is 0 Å². The van der Waals surface area contributed by atoms with Crippen molar-refractivity contribution in [2.75, 3.05) is 12.4 Å². The van der Waals surface area contributed by atoms with Crippen LogP contribution in [0.2, 0.25) is 0 Å². The summed E-state index contributed by atoms with van der Waals surface area (Å²) >= 11 is 1.54. The number of hydrogen-bond donors (Lipinski definition) is 1. The molecule has 0 bridgehead atoms. The molecule has 0 fully saturated rings. The number of amides is 1. The highest BCUT2D eigenvalue weighted by atomic mass is 32.2. The average Bonchev–Trinajstić information content (AvgIpc) is 3.38. The van der Waals surface area contributed by atoms with Crippen LogP contribution < -0.4 is 10.1 Å². The first-order valence-corrected chi connectivity index (χ1v) is 11.2. The van der Waals surface area contributed by atoms with Crippen molar-refractivity contribution in [1.29, 1.82) is 0 Å². The van der Waals surface area contributed by atoms with E-state index >= 15 is 0 Å². The molecule has 1 atom stereocenters. The number of nitrogens with zero attached hydrogens (tertiary/aromatic N) is 2. The van der Waals surface area contributed by atoms with Crippen molar-refractivity contribution in [1.82, 2.24) is 4.90 Å². The van der Waals surface area contributed by atoms with Gasteiger partial charge >= 0.3 is 0 Å². The van der Waals surface area contributed by atoms with Crippen LogP contribution in [0.15, 0.2) is 95.3 Å². The quantitative estimate of drug-likeness (QED) is 0.604. The van der Waals surface area contributed by atoms with Crippen molar-refractivity contribution < 1.29 is 9.53 Å². The maximum Gasteiger partial charge on any atom is 0.261 e. The second kappa shape index (κ2) is 7.14. The molecule has 6 heteroatoms. The maximum atomic E-state index is 13.3. The molecular formula is C26H19N3O2S. The van der Waals surface area contributed by atoms with Crippen molar-refractivity contribution in [3.05, 3.63) is 107 Å². The second-order valence-electron chi connectivity index (χ2n) is 7.74. The lowest BCUT2D eigenvalue weighted by molar-refractivity contribution is -0.119. The van der Waals surface area contributed by atoms with Gasteiger partial charge < -0.3 is 10.1 Å². The number of amidine groups is 1. The number of rotatable bonds is 3. The number of benzene rings is 3. The molecular weight excluding hydrogens is 418 g/mol. The summed E-state index contributed by atoms with van der Waals surface area (Å²) in [7, 11) is 1.66. The third-order valence-electron chi connectivity index (χ3n) is 5.95. The molecule has 1 N–H and O–H groups in total. The fourth-order valence-electron chi connectivity index (χ4n) is 4.37. The number of carbonyl (C=O) groups excluding carboxylic acids is 1. The van der Waals surface area contributed by atoms with E-state index < -0.39 is 5.54 Å². The van der Waals surface area contributed by atoms with Crippen LogP contribution in [0.4, 0.5) is 5.69 Å². The number of ether oxygens (including phenoxy) is 1. The van der Waals surface area contributed by atoms with E-state index in [1.54, 1.807) is 7.11 Å². The summed E-state index contributed by atoms with van der Waals surface area (Å²) in [5.74, 6) is 0.683. The van der Waals surface area contributed by atoms with E-state index in [-0.39, 0.29) is 5.91 Å². The molecule has 1 amide bonds. The lowest BCUT2D eigenvalue weighted by Gasteiger charge is -2.34. The largest absolute Gasteiger partial charge is 0.497 e. The van der Waals surface area contributed by atoms with Crippen LogP contribution >= 0.6 is 11.8 Å². The third-order valence-corrected chi connectivity index (χ3v) is 6.78. The molecule has 0 aromatic heterocycles. The third kappa shape index (κ3) is 2.73. The molecule has 0 aliphatic carbocycles. The molecule has 6 rings (SSSR count). The van der Waals surface area contributed by atoms with Crippen molar-refractivity contribution >= 4 is 39.9 Å².